The van der Waals surface area contributed by atoms with E-state index in [0.717, 1.165) is 12.3 Å². The summed E-state index contributed by atoms with van der Waals surface area (Å²) >= 11 is 0. The summed E-state index contributed by atoms with van der Waals surface area (Å²) in [6, 6.07) is 4.85. The molecule has 1 unspecified atom stereocenters. The lowest BCUT2D eigenvalue weighted by Gasteiger charge is -2.20. The van der Waals surface area contributed by atoms with Gasteiger partial charge in [0, 0.05) is 30.1 Å². The van der Waals surface area contributed by atoms with E-state index in [0.29, 0.717) is 47.9 Å². The molecule has 1 saturated heterocycles. The zero-order valence-electron chi connectivity index (χ0n) is 18.9. The molecule has 0 bridgehead atoms. The lowest BCUT2D eigenvalue weighted by atomic mass is 10.0. The minimum Gasteiger partial charge on any atom is -0.363 e. The van der Waals surface area contributed by atoms with Gasteiger partial charge in [0.1, 0.15) is 23.3 Å². The van der Waals surface area contributed by atoms with Crippen molar-refractivity contribution in [1.82, 2.24) is 19.7 Å². The number of nitrogens with one attached hydrogen (secondary N) is 2. The zero-order valence-corrected chi connectivity index (χ0v) is 19.7. The summed E-state index contributed by atoms with van der Waals surface area (Å²) in [5.41, 5.74) is 0.0242. The van der Waals surface area contributed by atoms with Crippen LogP contribution in [0, 0.1) is 12.7 Å². The molecule has 0 amide bonds. The molecule has 0 radical (unpaired) electrons. The minimum absolute atomic E-state index is 0.103. The molecular weight excluding hydrogens is 469 g/mol. The molecule has 0 aliphatic carbocycles. The number of benzene rings is 1. The van der Waals surface area contributed by atoms with E-state index in [1.807, 2.05) is 4.90 Å². The van der Waals surface area contributed by atoms with E-state index in [1.165, 1.54) is 12.1 Å². The number of hydrogen-bond donors (Lipinski definition) is 2. The maximum Gasteiger partial charge on any atom is 0.266 e. The normalized spacial score (nSPS) is 17.5. The van der Waals surface area contributed by atoms with Gasteiger partial charge in [-0.1, -0.05) is 18.2 Å². The summed E-state index contributed by atoms with van der Waals surface area (Å²) in [4.78, 5) is 15.3. The third kappa shape index (κ3) is 5.22. The quantitative estimate of drug-likeness (QED) is 0.517. The maximum atomic E-state index is 14.7. The Balaban J connectivity index is 1.64. The molecule has 2 N–H and O–H groups in total. The second kappa shape index (κ2) is 9.34. The van der Waals surface area contributed by atoms with Crippen LogP contribution in [-0.4, -0.2) is 48.8 Å². The molecule has 3 heterocycles. The Morgan fingerprint density at radius 2 is 1.94 bits per heavy atom. The van der Waals surface area contributed by atoms with Crippen LogP contribution in [-0.2, 0) is 10.0 Å². The van der Waals surface area contributed by atoms with Crippen LogP contribution in [0.25, 0.3) is 10.9 Å². The van der Waals surface area contributed by atoms with E-state index in [1.54, 1.807) is 26.1 Å². The molecule has 2 atom stereocenters. The van der Waals surface area contributed by atoms with Crippen LogP contribution in [0.1, 0.15) is 42.8 Å². The van der Waals surface area contributed by atoms with Crippen LogP contribution in [0.4, 0.5) is 24.8 Å². The summed E-state index contributed by atoms with van der Waals surface area (Å²) in [5, 5.41) is 3.76. The first kappa shape index (κ1) is 24.1. The van der Waals surface area contributed by atoms with Crippen LogP contribution in [0.5, 0.6) is 0 Å². The molecule has 0 spiro atoms. The number of hydrogen-bond acceptors (Lipinski definition) is 7. The van der Waals surface area contributed by atoms with Gasteiger partial charge in [0.15, 0.2) is 0 Å². The molecule has 34 heavy (non-hydrogen) atoms. The number of aryl methyl sites for hydroxylation is 1. The van der Waals surface area contributed by atoms with Crippen molar-refractivity contribution in [3.05, 3.63) is 53.2 Å². The van der Waals surface area contributed by atoms with Gasteiger partial charge < -0.3 is 10.2 Å². The lowest BCUT2D eigenvalue weighted by Crippen LogP contribution is -2.36. The topological polar surface area (TPSA) is 100 Å². The van der Waals surface area contributed by atoms with Crippen LogP contribution < -0.4 is 14.9 Å². The van der Waals surface area contributed by atoms with Crippen molar-refractivity contribution in [2.45, 2.75) is 38.8 Å². The van der Waals surface area contributed by atoms with Crippen molar-refractivity contribution in [3.63, 3.8) is 0 Å². The number of nitrogens with zero attached hydrogens (tertiary/aromatic N) is 4. The molecule has 12 heteroatoms. The highest BCUT2D eigenvalue weighted by Crippen LogP contribution is 2.31. The Bertz CT molecular complexity index is 1320. The Labute approximate surface area is 195 Å². The molecule has 1 aliphatic heterocycles. The van der Waals surface area contributed by atoms with E-state index in [-0.39, 0.29) is 11.6 Å². The number of aromatic nitrogens is 3. The van der Waals surface area contributed by atoms with E-state index < -0.39 is 33.9 Å². The summed E-state index contributed by atoms with van der Waals surface area (Å²) in [6.07, 6.45) is 0.455. The van der Waals surface area contributed by atoms with E-state index in [2.05, 4.69) is 25.0 Å². The van der Waals surface area contributed by atoms with Gasteiger partial charge in [0.05, 0.1) is 29.6 Å². The fraction of sp³-hybridized carbons (Fsp3) is 0.409. The minimum atomic E-state index is -3.32. The lowest BCUT2D eigenvalue weighted by molar-refractivity contribution is 0.146. The van der Waals surface area contributed by atoms with Gasteiger partial charge in [-0.25, -0.2) is 41.3 Å². The van der Waals surface area contributed by atoms with E-state index in [4.69, 9.17) is 0 Å². The Morgan fingerprint density at radius 1 is 1.21 bits per heavy atom. The first-order valence-electron chi connectivity index (χ1n) is 10.7. The SMILES string of the molecule is Cc1nc(NC(C)c2cccc(C(F)F)c2F)c2cc(N3CC[C@@H](NS(C)(=O)=O)C3)ncc2n1. The zero-order chi connectivity index (χ0) is 24.6. The predicted molar refractivity (Wildman–Crippen MR) is 124 cm³/mol. The Kier molecular flexibility index (Phi) is 6.63. The highest BCUT2D eigenvalue weighted by Gasteiger charge is 2.26. The standard InChI is InChI=1S/C22H25F3N6O2S/c1-12(15-5-4-6-16(20(15)23)21(24)25)27-22-17-9-19(26-10-18(17)28-13(2)29-22)31-8-7-14(11-31)30-34(3,32)33/h4-6,9-10,12,14,21,30H,7-8,11H2,1-3H3,(H,27,28,29)/t12?,14-/m1/s1. The van der Waals surface area contributed by atoms with E-state index >= 15 is 0 Å². The summed E-state index contributed by atoms with van der Waals surface area (Å²) in [7, 11) is -3.32. The highest BCUT2D eigenvalue weighted by atomic mass is 32.2. The van der Waals surface area contributed by atoms with Crippen molar-refractivity contribution in [2.24, 2.45) is 0 Å². The van der Waals surface area contributed by atoms with Gasteiger partial charge in [-0.3, -0.25) is 0 Å². The molecule has 8 nitrogen and oxygen atoms in total. The number of halogens is 3. The smallest absolute Gasteiger partial charge is 0.266 e. The van der Waals surface area contributed by atoms with Crippen molar-refractivity contribution < 1.29 is 21.6 Å². The van der Waals surface area contributed by atoms with Gasteiger partial charge in [-0.2, -0.15) is 0 Å². The number of anilines is 2. The fourth-order valence-corrected chi connectivity index (χ4v) is 4.94. The molecule has 182 valence electrons. The van der Waals surface area contributed by atoms with Crippen LogP contribution >= 0.6 is 0 Å². The summed E-state index contributed by atoms with van der Waals surface area (Å²) in [6.45, 7) is 4.45. The van der Waals surface area contributed by atoms with Gasteiger partial charge in [0.2, 0.25) is 10.0 Å². The van der Waals surface area contributed by atoms with Crippen molar-refractivity contribution in [3.8, 4) is 0 Å². The van der Waals surface area contributed by atoms with Gasteiger partial charge in [0.25, 0.3) is 6.43 Å². The third-order valence-corrected chi connectivity index (χ3v) is 6.45. The van der Waals surface area contributed by atoms with Crippen LogP contribution in [0.15, 0.2) is 30.5 Å². The first-order chi connectivity index (χ1) is 16.0. The molecule has 0 saturated carbocycles. The maximum absolute atomic E-state index is 14.7. The number of rotatable bonds is 7. The van der Waals surface area contributed by atoms with Gasteiger partial charge >= 0.3 is 0 Å². The molecule has 1 aliphatic rings. The summed E-state index contributed by atoms with van der Waals surface area (Å²) in [5.74, 6) is 0.568. The van der Waals surface area contributed by atoms with E-state index in [9.17, 15) is 21.6 Å². The van der Waals surface area contributed by atoms with Crippen LogP contribution in [0.3, 0.4) is 0 Å². The van der Waals surface area contributed by atoms with Crippen molar-refractivity contribution in [1.29, 1.82) is 0 Å². The average Bonchev–Trinajstić information content (AvgIpc) is 3.20. The second-order valence-electron chi connectivity index (χ2n) is 8.42. The first-order valence-corrected chi connectivity index (χ1v) is 12.6. The van der Waals surface area contributed by atoms with Gasteiger partial charge in [-0.15, -0.1) is 0 Å². The van der Waals surface area contributed by atoms with Crippen molar-refractivity contribution >= 4 is 32.6 Å². The summed E-state index contributed by atoms with van der Waals surface area (Å²) < 4.78 is 66.7. The molecule has 3 aromatic rings. The highest BCUT2D eigenvalue weighted by molar-refractivity contribution is 7.88. The second-order valence-corrected chi connectivity index (χ2v) is 10.2. The number of alkyl halides is 2. The Morgan fingerprint density at radius 3 is 2.65 bits per heavy atom. The number of sulfonamides is 1. The molecular formula is C22H25F3N6O2S. The molecule has 1 aromatic carbocycles. The van der Waals surface area contributed by atoms with Crippen molar-refractivity contribution in [2.75, 3.05) is 29.6 Å². The number of pyridine rings is 1. The monoisotopic (exact) mass is 494 g/mol. The third-order valence-electron chi connectivity index (χ3n) is 5.69. The Hall–Kier alpha value is -2.99. The predicted octanol–water partition coefficient (Wildman–Crippen LogP) is 3.71. The fourth-order valence-electron chi connectivity index (χ4n) is 4.14. The van der Waals surface area contributed by atoms with Crippen LogP contribution in [0.2, 0.25) is 0 Å². The molecule has 4 rings (SSSR count). The molecule has 2 aromatic heterocycles. The largest absolute Gasteiger partial charge is 0.363 e. The van der Waals surface area contributed by atoms with Gasteiger partial charge in [-0.05, 0) is 26.3 Å². The average molecular weight is 495 g/mol. The molecule has 1 fully saturated rings. The number of fused-ring (bicyclic) bond motifs is 1.